The Bertz CT molecular complexity index is 1040. The first-order chi connectivity index (χ1) is 14.9. The van der Waals surface area contributed by atoms with Gasteiger partial charge in [0.05, 0.1) is 6.61 Å². The molecular formula is C23H24FNO5S. The quantitative estimate of drug-likeness (QED) is 0.450. The van der Waals surface area contributed by atoms with Crippen LogP contribution in [-0.4, -0.2) is 56.4 Å². The molecule has 164 valence electrons. The second-order valence-corrected chi connectivity index (χ2v) is 8.92. The summed E-state index contributed by atoms with van der Waals surface area (Å²) in [7, 11) is 0. The van der Waals surface area contributed by atoms with Crippen molar-refractivity contribution in [2.24, 2.45) is 0 Å². The SMILES string of the molecule is Cc1ccc(C2OC(CO)[C@@H](O)[C@H](O)[C@H]2O)cc1Cc1ccc(-c2ccc(F)nc2)s1. The van der Waals surface area contributed by atoms with E-state index in [0.29, 0.717) is 12.0 Å². The monoisotopic (exact) mass is 445 g/mol. The molecule has 0 radical (unpaired) electrons. The average molecular weight is 446 g/mol. The van der Waals surface area contributed by atoms with Gasteiger partial charge in [0, 0.05) is 27.9 Å². The first-order valence-electron chi connectivity index (χ1n) is 9.98. The number of rotatable bonds is 5. The van der Waals surface area contributed by atoms with Crippen LogP contribution in [0, 0.1) is 12.9 Å². The van der Waals surface area contributed by atoms with Crippen LogP contribution in [0.15, 0.2) is 48.7 Å². The zero-order valence-electron chi connectivity index (χ0n) is 16.9. The summed E-state index contributed by atoms with van der Waals surface area (Å²) in [6, 6.07) is 12.7. The third-order valence-electron chi connectivity index (χ3n) is 5.63. The van der Waals surface area contributed by atoms with E-state index in [4.69, 9.17) is 4.74 Å². The molecule has 2 unspecified atom stereocenters. The Morgan fingerprint density at radius 3 is 2.55 bits per heavy atom. The lowest BCUT2D eigenvalue weighted by Gasteiger charge is -2.40. The zero-order valence-corrected chi connectivity index (χ0v) is 17.7. The fourth-order valence-electron chi connectivity index (χ4n) is 3.77. The highest BCUT2D eigenvalue weighted by Gasteiger charge is 2.43. The van der Waals surface area contributed by atoms with Crippen molar-refractivity contribution < 1.29 is 29.6 Å². The maximum Gasteiger partial charge on any atom is 0.212 e. The van der Waals surface area contributed by atoms with Crippen LogP contribution < -0.4 is 0 Å². The van der Waals surface area contributed by atoms with Gasteiger partial charge in [0.2, 0.25) is 5.95 Å². The van der Waals surface area contributed by atoms with E-state index >= 15 is 0 Å². The van der Waals surface area contributed by atoms with E-state index in [0.717, 1.165) is 26.4 Å². The van der Waals surface area contributed by atoms with Crippen LogP contribution in [0.1, 0.15) is 27.7 Å². The highest BCUT2D eigenvalue weighted by atomic mass is 32.1. The fourth-order valence-corrected chi connectivity index (χ4v) is 4.79. The largest absolute Gasteiger partial charge is 0.394 e. The summed E-state index contributed by atoms with van der Waals surface area (Å²) in [6.45, 7) is 1.53. The van der Waals surface area contributed by atoms with Gasteiger partial charge in [-0.05, 0) is 47.9 Å². The molecule has 1 saturated heterocycles. The molecule has 0 saturated carbocycles. The van der Waals surface area contributed by atoms with Crippen LogP contribution in [0.5, 0.6) is 0 Å². The third-order valence-corrected chi connectivity index (χ3v) is 6.77. The Labute approximate surface area is 183 Å². The molecule has 4 N–H and O–H groups in total. The van der Waals surface area contributed by atoms with Gasteiger partial charge in [-0.3, -0.25) is 0 Å². The molecule has 0 bridgehead atoms. The normalized spacial score (nSPS) is 26.2. The van der Waals surface area contributed by atoms with Crippen LogP contribution in [0.25, 0.3) is 10.4 Å². The molecule has 3 heterocycles. The molecule has 4 rings (SSSR count). The number of hydrogen-bond donors (Lipinski definition) is 4. The summed E-state index contributed by atoms with van der Waals surface area (Å²) in [5.41, 5.74) is 3.60. The van der Waals surface area contributed by atoms with E-state index < -0.39 is 43.1 Å². The van der Waals surface area contributed by atoms with E-state index in [1.165, 1.54) is 12.3 Å². The topological polar surface area (TPSA) is 103 Å². The highest BCUT2D eigenvalue weighted by Crippen LogP contribution is 2.34. The minimum atomic E-state index is -1.41. The van der Waals surface area contributed by atoms with Gasteiger partial charge < -0.3 is 25.2 Å². The highest BCUT2D eigenvalue weighted by molar-refractivity contribution is 7.15. The Morgan fingerprint density at radius 2 is 1.84 bits per heavy atom. The van der Waals surface area contributed by atoms with E-state index in [1.807, 2.05) is 37.3 Å². The number of hydrogen-bond acceptors (Lipinski definition) is 7. The maximum absolute atomic E-state index is 13.1. The molecule has 8 heteroatoms. The number of aliphatic hydroxyl groups is 4. The molecule has 3 aromatic rings. The number of aliphatic hydroxyl groups excluding tert-OH is 4. The lowest BCUT2D eigenvalue weighted by Crippen LogP contribution is -2.55. The minimum absolute atomic E-state index is 0.462. The molecule has 1 aliphatic heterocycles. The number of thiophene rings is 1. The first kappa shape index (κ1) is 22.0. The van der Waals surface area contributed by atoms with Crippen molar-refractivity contribution in [1.29, 1.82) is 0 Å². The molecule has 1 aliphatic rings. The number of aromatic nitrogens is 1. The molecule has 0 amide bonds. The van der Waals surface area contributed by atoms with E-state index in [-0.39, 0.29) is 0 Å². The fraction of sp³-hybridized carbons (Fsp3) is 0.348. The lowest BCUT2D eigenvalue weighted by molar-refractivity contribution is -0.231. The summed E-state index contributed by atoms with van der Waals surface area (Å²) >= 11 is 1.59. The molecule has 1 aromatic carbocycles. The molecular weight excluding hydrogens is 421 g/mol. The van der Waals surface area contributed by atoms with Gasteiger partial charge >= 0.3 is 0 Å². The minimum Gasteiger partial charge on any atom is -0.394 e. The number of nitrogens with zero attached hydrogens (tertiary/aromatic N) is 1. The maximum atomic E-state index is 13.1. The van der Waals surface area contributed by atoms with Gasteiger partial charge in [-0.1, -0.05) is 18.2 Å². The van der Waals surface area contributed by atoms with Gasteiger partial charge in [-0.2, -0.15) is 4.39 Å². The second-order valence-electron chi connectivity index (χ2n) is 7.75. The average Bonchev–Trinajstić information content (AvgIpc) is 3.23. The Hall–Kier alpha value is -2.20. The predicted molar refractivity (Wildman–Crippen MR) is 114 cm³/mol. The Balaban J connectivity index is 1.57. The third kappa shape index (κ3) is 4.55. The molecule has 6 nitrogen and oxygen atoms in total. The first-order valence-corrected chi connectivity index (χ1v) is 10.8. The number of pyridine rings is 1. The molecule has 2 aromatic heterocycles. The van der Waals surface area contributed by atoms with E-state index in [1.54, 1.807) is 17.4 Å². The molecule has 5 atom stereocenters. The van der Waals surface area contributed by atoms with Crippen LogP contribution >= 0.6 is 11.3 Å². The summed E-state index contributed by atoms with van der Waals surface area (Å²) in [5, 5.41) is 40.0. The summed E-state index contributed by atoms with van der Waals surface area (Å²) in [4.78, 5) is 5.80. The predicted octanol–water partition coefficient (Wildman–Crippen LogP) is 2.36. The van der Waals surface area contributed by atoms with Crippen LogP contribution in [0.2, 0.25) is 0 Å². The number of aryl methyl sites for hydroxylation is 1. The standard InChI is InChI=1S/C23H24FNO5S/c1-12-2-3-13(23-22(29)21(28)20(27)17(11-26)30-23)8-15(12)9-16-5-6-18(31-16)14-4-7-19(24)25-10-14/h2-8,10,17,20-23,26-29H,9,11H2,1H3/t17?,20-,21+,22-,23?/m1/s1. The summed E-state index contributed by atoms with van der Waals surface area (Å²) in [5.74, 6) is -0.513. The van der Waals surface area contributed by atoms with Crippen molar-refractivity contribution >= 4 is 11.3 Å². The molecule has 31 heavy (non-hydrogen) atoms. The smallest absolute Gasteiger partial charge is 0.212 e. The van der Waals surface area contributed by atoms with Gasteiger partial charge in [0.1, 0.15) is 30.5 Å². The van der Waals surface area contributed by atoms with E-state index in [2.05, 4.69) is 4.98 Å². The van der Waals surface area contributed by atoms with Crippen molar-refractivity contribution in [2.45, 2.75) is 43.9 Å². The number of ether oxygens (including phenoxy) is 1. The second kappa shape index (κ2) is 9.12. The van der Waals surface area contributed by atoms with Crippen molar-refractivity contribution in [2.75, 3.05) is 6.61 Å². The van der Waals surface area contributed by atoms with Crippen molar-refractivity contribution in [3.05, 3.63) is 76.2 Å². The van der Waals surface area contributed by atoms with Crippen LogP contribution in [-0.2, 0) is 11.2 Å². The van der Waals surface area contributed by atoms with Crippen LogP contribution in [0.4, 0.5) is 4.39 Å². The lowest BCUT2D eigenvalue weighted by atomic mass is 9.89. The van der Waals surface area contributed by atoms with Gasteiger partial charge in [-0.15, -0.1) is 11.3 Å². The molecule has 0 spiro atoms. The van der Waals surface area contributed by atoms with Crippen LogP contribution in [0.3, 0.4) is 0 Å². The zero-order chi connectivity index (χ0) is 22.1. The van der Waals surface area contributed by atoms with Crippen molar-refractivity contribution in [3.63, 3.8) is 0 Å². The summed E-state index contributed by atoms with van der Waals surface area (Å²) in [6.07, 6.45) is -3.76. The Morgan fingerprint density at radius 1 is 1.03 bits per heavy atom. The van der Waals surface area contributed by atoms with Gasteiger partial charge in [-0.25, -0.2) is 4.98 Å². The number of benzene rings is 1. The van der Waals surface area contributed by atoms with E-state index in [9.17, 15) is 24.8 Å². The van der Waals surface area contributed by atoms with Crippen molar-refractivity contribution in [1.82, 2.24) is 4.98 Å². The Kier molecular flexibility index (Phi) is 6.47. The molecule has 1 fully saturated rings. The number of halogens is 1. The van der Waals surface area contributed by atoms with Crippen molar-refractivity contribution in [3.8, 4) is 10.4 Å². The summed E-state index contributed by atoms with van der Waals surface area (Å²) < 4.78 is 18.8. The molecule has 0 aliphatic carbocycles. The van der Waals surface area contributed by atoms with Gasteiger partial charge in [0.25, 0.3) is 0 Å². The van der Waals surface area contributed by atoms with Gasteiger partial charge in [0.15, 0.2) is 0 Å².